The number of hydrogen-bond donors (Lipinski definition) is 0. The van der Waals surface area contributed by atoms with Crippen LogP contribution in [0.1, 0.15) is 5.56 Å². The summed E-state index contributed by atoms with van der Waals surface area (Å²) in [7, 11) is 0. The number of nitro benzene ring substituents is 1. The zero-order valence-electron chi connectivity index (χ0n) is 8.51. The molecule has 0 N–H and O–H groups in total. The van der Waals surface area contributed by atoms with Gasteiger partial charge in [-0.2, -0.15) is 5.26 Å². The third kappa shape index (κ3) is 3.11. The Kier molecular flexibility index (Phi) is 4.09. The van der Waals surface area contributed by atoms with E-state index >= 15 is 0 Å². The van der Waals surface area contributed by atoms with Gasteiger partial charge in [-0.1, -0.05) is 0 Å². The number of nitrogens with zero attached hydrogens (tertiary/aromatic N) is 2. The van der Waals surface area contributed by atoms with Gasteiger partial charge in [0, 0.05) is 12.1 Å². The van der Waals surface area contributed by atoms with Crippen LogP contribution in [0.25, 0.3) is 0 Å². The van der Waals surface area contributed by atoms with Crippen LogP contribution in [0.15, 0.2) is 18.2 Å². The summed E-state index contributed by atoms with van der Waals surface area (Å²) in [4.78, 5) is 10.0. The summed E-state index contributed by atoms with van der Waals surface area (Å²) in [6, 6.07) is 6.06. The second-order valence-corrected chi connectivity index (χ2v) is 3.64. The quantitative estimate of drug-likeness (QED) is 0.460. The van der Waals surface area contributed by atoms with E-state index in [1.807, 2.05) is 6.07 Å². The number of nitriles is 1. The molecule has 1 atom stereocenters. The molecule has 0 saturated heterocycles. The summed E-state index contributed by atoms with van der Waals surface area (Å²) >= 11 is 5.55. The molecular weight excluding hydrogens is 232 g/mol. The van der Waals surface area contributed by atoms with Gasteiger partial charge in [0.05, 0.1) is 11.0 Å². The number of ether oxygens (including phenoxy) is 1. The Hall–Kier alpha value is -1.80. The topological polar surface area (TPSA) is 76.2 Å². The molecule has 1 rings (SSSR count). The van der Waals surface area contributed by atoms with Gasteiger partial charge in [0.25, 0.3) is 5.69 Å². The van der Waals surface area contributed by atoms with Crippen LogP contribution >= 0.6 is 11.6 Å². The molecule has 16 heavy (non-hydrogen) atoms. The summed E-state index contributed by atoms with van der Waals surface area (Å²) in [5.74, 6) is 0.492. The Morgan fingerprint density at radius 3 is 2.88 bits per heavy atom. The van der Waals surface area contributed by atoms with Crippen LogP contribution in [0.3, 0.4) is 0 Å². The standard InChI is InChI=1S/C10H9ClN2O3/c1-7-4-9(13(14)15)2-3-10(7)16-6-8(11)5-12/h2-4,8H,6H2,1H3. The van der Waals surface area contributed by atoms with Crippen LogP contribution in [0, 0.1) is 28.4 Å². The van der Waals surface area contributed by atoms with Crippen molar-refractivity contribution in [1.29, 1.82) is 5.26 Å². The number of nitro groups is 1. The van der Waals surface area contributed by atoms with Crippen molar-refractivity contribution in [2.24, 2.45) is 0 Å². The van der Waals surface area contributed by atoms with Gasteiger partial charge >= 0.3 is 0 Å². The minimum Gasteiger partial charge on any atom is -0.491 e. The van der Waals surface area contributed by atoms with Gasteiger partial charge in [-0.25, -0.2) is 0 Å². The maximum absolute atomic E-state index is 10.5. The van der Waals surface area contributed by atoms with Crippen LogP contribution in [-0.2, 0) is 0 Å². The molecule has 6 heteroatoms. The number of alkyl halides is 1. The van der Waals surface area contributed by atoms with Crippen molar-refractivity contribution in [1.82, 2.24) is 0 Å². The minimum atomic E-state index is -0.727. The fraction of sp³-hybridized carbons (Fsp3) is 0.300. The fourth-order valence-electron chi connectivity index (χ4n) is 1.11. The van der Waals surface area contributed by atoms with Crippen LogP contribution < -0.4 is 4.74 Å². The molecule has 1 unspecified atom stereocenters. The molecular formula is C10H9ClN2O3. The second-order valence-electron chi connectivity index (χ2n) is 3.11. The SMILES string of the molecule is Cc1cc([N+](=O)[O-])ccc1OCC(Cl)C#N. The van der Waals surface area contributed by atoms with Crippen LogP contribution in [0.4, 0.5) is 5.69 Å². The first kappa shape index (κ1) is 12.3. The van der Waals surface area contributed by atoms with Crippen LogP contribution in [-0.4, -0.2) is 16.9 Å². The van der Waals surface area contributed by atoms with E-state index in [0.717, 1.165) is 0 Å². The van der Waals surface area contributed by atoms with Crippen LogP contribution in [0.5, 0.6) is 5.75 Å². The van der Waals surface area contributed by atoms with Crippen LogP contribution in [0.2, 0.25) is 0 Å². The molecule has 0 spiro atoms. The van der Waals surface area contributed by atoms with Gasteiger partial charge in [0.1, 0.15) is 12.4 Å². The van der Waals surface area contributed by atoms with Gasteiger partial charge in [-0.3, -0.25) is 10.1 Å². The van der Waals surface area contributed by atoms with E-state index in [9.17, 15) is 10.1 Å². The molecule has 1 aromatic rings. The number of rotatable bonds is 4. The summed E-state index contributed by atoms with van der Waals surface area (Å²) in [6.07, 6.45) is 0. The highest BCUT2D eigenvalue weighted by Crippen LogP contribution is 2.23. The minimum absolute atomic E-state index is 0.00700. The van der Waals surface area contributed by atoms with Crippen molar-refractivity contribution >= 4 is 17.3 Å². The highest BCUT2D eigenvalue weighted by Gasteiger charge is 2.10. The number of benzene rings is 1. The summed E-state index contributed by atoms with van der Waals surface area (Å²) < 4.78 is 5.25. The lowest BCUT2D eigenvalue weighted by Gasteiger charge is -2.08. The zero-order chi connectivity index (χ0) is 12.1. The normalized spacial score (nSPS) is 11.6. The molecule has 0 radical (unpaired) electrons. The number of aryl methyl sites for hydroxylation is 1. The Morgan fingerprint density at radius 2 is 2.38 bits per heavy atom. The zero-order valence-corrected chi connectivity index (χ0v) is 9.27. The summed E-state index contributed by atoms with van der Waals surface area (Å²) in [5, 5.41) is 18.2. The van der Waals surface area contributed by atoms with Crippen molar-refractivity contribution in [2.75, 3.05) is 6.61 Å². The van der Waals surface area contributed by atoms with E-state index in [0.29, 0.717) is 11.3 Å². The van der Waals surface area contributed by atoms with Crippen molar-refractivity contribution in [3.63, 3.8) is 0 Å². The molecule has 0 saturated carbocycles. The highest BCUT2D eigenvalue weighted by molar-refractivity contribution is 6.22. The van der Waals surface area contributed by atoms with Gasteiger partial charge in [0.15, 0.2) is 5.38 Å². The summed E-state index contributed by atoms with van der Waals surface area (Å²) in [6.45, 7) is 1.74. The molecule has 0 amide bonds. The molecule has 0 aliphatic carbocycles. The number of non-ortho nitro benzene ring substituents is 1. The highest BCUT2D eigenvalue weighted by atomic mass is 35.5. The molecule has 0 fully saturated rings. The van der Waals surface area contributed by atoms with Gasteiger partial charge in [-0.15, -0.1) is 11.6 Å². The monoisotopic (exact) mass is 240 g/mol. The lowest BCUT2D eigenvalue weighted by atomic mass is 10.2. The van der Waals surface area contributed by atoms with E-state index in [-0.39, 0.29) is 12.3 Å². The Bertz CT molecular complexity index is 442. The van der Waals surface area contributed by atoms with E-state index in [1.165, 1.54) is 18.2 Å². The molecule has 84 valence electrons. The average Bonchev–Trinajstić information content (AvgIpc) is 2.26. The van der Waals surface area contributed by atoms with E-state index in [4.69, 9.17) is 21.6 Å². The van der Waals surface area contributed by atoms with Crippen molar-refractivity contribution in [2.45, 2.75) is 12.3 Å². The third-order valence-electron chi connectivity index (χ3n) is 1.89. The molecule has 0 bridgehead atoms. The maximum Gasteiger partial charge on any atom is 0.269 e. The lowest BCUT2D eigenvalue weighted by Crippen LogP contribution is -2.09. The van der Waals surface area contributed by atoms with E-state index in [2.05, 4.69) is 0 Å². The largest absolute Gasteiger partial charge is 0.491 e. The fourth-order valence-corrected chi connectivity index (χ4v) is 1.17. The van der Waals surface area contributed by atoms with Crippen molar-refractivity contribution < 1.29 is 9.66 Å². The van der Waals surface area contributed by atoms with Crippen molar-refractivity contribution in [3.05, 3.63) is 33.9 Å². The second kappa shape index (κ2) is 5.33. The molecule has 0 heterocycles. The predicted molar refractivity (Wildman–Crippen MR) is 58.6 cm³/mol. The maximum atomic E-state index is 10.5. The predicted octanol–water partition coefficient (Wildman–Crippen LogP) is 2.41. The average molecular weight is 241 g/mol. The Labute approximate surface area is 97.4 Å². The van der Waals surface area contributed by atoms with Gasteiger partial charge < -0.3 is 4.74 Å². The first-order valence-corrected chi connectivity index (χ1v) is 4.89. The lowest BCUT2D eigenvalue weighted by molar-refractivity contribution is -0.384. The molecule has 0 aliphatic heterocycles. The molecule has 0 aliphatic rings. The molecule has 5 nitrogen and oxygen atoms in total. The Balaban J connectivity index is 2.76. The Morgan fingerprint density at radius 1 is 1.69 bits per heavy atom. The van der Waals surface area contributed by atoms with Crippen molar-refractivity contribution in [3.8, 4) is 11.8 Å². The smallest absolute Gasteiger partial charge is 0.269 e. The third-order valence-corrected chi connectivity index (χ3v) is 2.12. The number of halogens is 1. The molecule has 0 aromatic heterocycles. The summed E-state index contributed by atoms with van der Waals surface area (Å²) in [5.41, 5.74) is 0.642. The molecule has 1 aromatic carbocycles. The van der Waals surface area contributed by atoms with Gasteiger partial charge in [-0.05, 0) is 18.6 Å². The first-order valence-electron chi connectivity index (χ1n) is 4.46. The first-order chi connectivity index (χ1) is 7.54. The number of hydrogen-bond acceptors (Lipinski definition) is 4. The van der Waals surface area contributed by atoms with E-state index in [1.54, 1.807) is 6.92 Å². The van der Waals surface area contributed by atoms with Gasteiger partial charge in [0.2, 0.25) is 0 Å². The van der Waals surface area contributed by atoms with E-state index < -0.39 is 10.3 Å².